The van der Waals surface area contributed by atoms with Gasteiger partial charge in [0.1, 0.15) is 12.2 Å². The third-order valence-corrected chi connectivity index (χ3v) is 13.7. The quantitative estimate of drug-likeness (QED) is 0.283. The van der Waals surface area contributed by atoms with Gasteiger partial charge < -0.3 is 23.7 Å². The molecule has 17 atom stereocenters. The van der Waals surface area contributed by atoms with Gasteiger partial charge in [-0.2, -0.15) is 0 Å². The lowest BCUT2D eigenvalue weighted by atomic mass is 9.56. The molecular formula is C34H52O10. The first-order valence-electron chi connectivity index (χ1n) is 17.5. The first-order valence-corrected chi connectivity index (χ1v) is 17.5. The Hall–Kier alpha value is -0.850. The highest BCUT2D eigenvalue weighted by molar-refractivity contribution is 5.66. The van der Waals surface area contributed by atoms with E-state index in [1.54, 1.807) is 0 Å². The third kappa shape index (κ3) is 4.24. The van der Waals surface area contributed by atoms with Crippen LogP contribution in [0.4, 0.5) is 0 Å². The zero-order chi connectivity index (χ0) is 30.8. The van der Waals surface area contributed by atoms with Crippen molar-refractivity contribution in [2.45, 2.75) is 160 Å². The second-order valence-corrected chi connectivity index (χ2v) is 16.2. The summed E-state index contributed by atoms with van der Waals surface area (Å²) in [5.74, 6) is 0.0620. The van der Waals surface area contributed by atoms with Gasteiger partial charge in [-0.05, 0) is 87.9 Å². The number of fused-ring (bicyclic) bond motifs is 4. The maximum atomic E-state index is 12.7. The van der Waals surface area contributed by atoms with Gasteiger partial charge in [-0.3, -0.25) is 4.79 Å². The SMILES string of the molecule is CC(=O)O[C@@H](C[C@H]1O[C@@H]2O[C@]3(C)CC[C@H]4[C@H](C)CC[C@@H]([C@H]1C)[C@@]24OO3)C1O[C@@H]2O[C@]3(C)CC[C@H]4[C@H](C)CC[C@@H]([C@H]1C)[C@@]24OO3. The molecule has 2 saturated carbocycles. The van der Waals surface area contributed by atoms with E-state index in [0.29, 0.717) is 24.2 Å². The van der Waals surface area contributed by atoms with Crippen molar-refractivity contribution in [1.29, 1.82) is 0 Å². The van der Waals surface area contributed by atoms with Crippen LogP contribution in [-0.2, 0) is 48.0 Å². The summed E-state index contributed by atoms with van der Waals surface area (Å²) in [6.07, 6.45) is 6.00. The molecule has 8 aliphatic heterocycles. The first-order chi connectivity index (χ1) is 20.9. The molecule has 1 unspecified atom stereocenters. The third-order valence-electron chi connectivity index (χ3n) is 13.7. The van der Waals surface area contributed by atoms with Gasteiger partial charge in [0.2, 0.25) is 11.6 Å². The zero-order valence-corrected chi connectivity index (χ0v) is 27.5. The molecule has 0 aromatic heterocycles. The lowest BCUT2D eigenvalue weighted by Gasteiger charge is -2.62. The van der Waals surface area contributed by atoms with E-state index in [-0.39, 0.29) is 47.8 Å². The number of ether oxygens (including phenoxy) is 5. The standard InChI is InChI=1S/C34H52O10/c1-17-8-10-24-19(3)26(37-29-33(24)22(17)12-14-31(6,39-29)41-43-33)16-27(36-21(5)35)28-20(4)25-11-9-18(2)23-13-15-32(7)40-30(38-28)34(23,25)44-42-32/h17-20,22-30H,8-16H2,1-7H3/t17-,18-,19-,20-,22+,23+,24+,25+,26-,27+,28?,29-,30-,31+,32+,33-,34-/m1/s1. The second-order valence-electron chi connectivity index (χ2n) is 16.2. The van der Waals surface area contributed by atoms with Gasteiger partial charge in [0, 0.05) is 38.0 Å². The van der Waals surface area contributed by atoms with Crippen molar-refractivity contribution < 1.29 is 48.0 Å². The Balaban J connectivity index is 1.10. The number of rotatable bonds is 4. The van der Waals surface area contributed by atoms with Crippen LogP contribution in [0.5, 0.6) is 0 Å². The fourth-order valence-corrected chi connectivity index (χ4v) is 11.3. The average Bonchev–Trinajstić information content (AvgIpc) is 3.34. The van der Waals surface area contributed by atoms with E-state index in [0.717, 1.165) is 51.4 Å². The first kappa shape index (κ1) is 30.5. The fraction of sp³-hybridized carbons (Fsp3) is 0.971. The van der Waals surface area contributed by atoms with Crippen LogP contribution in [0.3, 0.4) is 0 Å². The van der Waals surface area contributed by atoms with Gasteiger partial charge in [-0.25, -0.2) is 19.6 Å². The Morgan fingerprint density at radius 3 is 1.77 bits per heavy atom. The Morgan fingerprint density at radius 1 is 0.705 bits per heavy atom. The van der Waals surface area contributed by atoms with Gasteiger partial charge in [-0.1, -0.05) is 27.7 Å². The van der Waals surface area contributed by atoms with E-state index in [1.165, 1.54) is 6.92 Å². The molecule has 8 heterocycles. The number of carbonyl (C=O) groups excluding carboxylic acids is 1. The summed E-state index contributed by atoms with van der Waals surface area (Å²) in [5, 5.41) is 0. The predicted molar refractivity (Wildman–Crippen MR) is 154 cm³/mol. The highest BCUT2D eigenvalue weighted by Gasteiger charge is 2.72. The molecule has 0 amide bonds. The van der Waals surface area contributed by atoms with Gasteiger partial charge in [0.15, 0.2) is 23.8 Å². The maximum absolute atomic E-state index is 12.7. The van der Waals surface area contributed by atoms with Crippen molar-refractivity contribution in [1.82, 2.24) is 0 Å². The van der Waals surface area contributed by atoms with E-state index < -0.39 is 41.5 Å². The van der Waals surface area contributed by atoms with Gasteiger partial charge >= 0.3 is 5.97 Å². The summed E-state index contributed by atoms with van der Waals surface area (Å²) in [7, 11) is 0. The molecule has 8 saturated heterocycles. The molecule has 0 aromatic rings. The molecule has 10 aliphatic rings. The van der Waals surface area contributed by atoms with Crippen LogP contribution in [0.15, 0.2) is 0 Å². The molecule has 10 rings (SSSR count). The van der Waals surface area contributed by atoms with Crippen molar-refractivity contribution in [3.8, 4) is 0 Å². The summed E-state index contributed by atoms with van der Waals surface area (Å²) < 4.78 is 33.3. The van der Waals surface area contributed by atoms with Gasteiger partial charge in [0.25, 0.3) is 0 Å². The van der Waals surface area contributed by atoms with Crippen LogP contribution in [0.1, 0.15) is 106 Å². The van der Waals surface area contributed by atoms with Crippen LogP contribution in [0, 0.1) is 47.3 Å². The average molecular weight is 621 g/mol. The summed E-state index contributed by atoms with van der Waals surface area (Å²) >= 11 is 0. The normalized spacial score (nSPS) is 58.2. The molecule has 44 heavy (non-hydrogen) atoms. The number of hydrogen-bond donors (Lipinski definition) is 0. The molecule has 2 spiro atoms. The van der Waals surface area contributed by atoms with Crippen LogP contribution < -0.4 is 0 Å². The Bertz CT molecular complexity index is 1150. The number of carbonyl (C=O) groups is 1. The second kappa shape index (κ2) is 10.3. The minimum absolute atomic E-state index is 0.0474. The number of esters is 1. The van der Waals surface area contributed by atoms with Crippen molar-refractivity contribution in [3.05, 3.63) is 0 Å². The summed E-state index contributed by atoms with van der Waals surface area (Å²) in [6.45, 7) is 14.5. The van der Waals surface area contributed by atoms with Gasteiger partial charge in [-0.15, -0.1) is 0 Å². The van der Waals surface area contributed by atoms with Crippen molar-refractivity contribution >= 4 is 5.97 Å². The highest BCUT2D eigenvalue weighted by atomic mass is 17.3. The zero-order valence-electron chi connectivity index (χ0n) is 27.5. The molecule has 248 valence electrons. The van der Waals surface area contributed by atoms with Crippen molar-refractivity contribution in [2.75, 3.05) is 0 Å². The van der Waals surface area contributed by atoms with Crippen LogP contribution in [-0.4, -0.2) is 59.6 Å². The largest absolute Gasteiger partial charge is 0.460 e. The van der Waals surface area contributed by atoms with E-state index in [9.17, 15) is 4.79 Å². The summed E-state index contributed by atoms with van der Waals surface area (Å²) in [6, 6.07) is 0. The van der Waals surface area contributed by atoms with Gasteiger partial charge in [0.05, 0.1) is 6.10 Å². The molecule has 10 nitrogen and oxygen atoms in total. The molecule has 4 bridgehead atoms. The monoisotopic (exact) mass is 620 g/mol. The van der Waals surface area contributed by atoms with Crippen LogP contribution >= 0.6 is 0 Å². The molecule has 10 heteroatoms. The lowest BCUT2D eigenvalue weighted by Crippen LogP contribution is -2.72. The maximum Gasteiger partial charge on any atom is 0.302 e. The molecule has 0 aromatic carbocycles. The highest BCUT2D eigenvalue weighted by Crippen LogP contribution is 2.63. The smallest absolute Gasteiger partial charge is 0.302 e. The fourth-order valence-electron chi connectivity index (χ4n) is 11.3. The summed E-state index contributed by atoms with van der Waals surface area (Å²) in [5.41, 5.74) is -1.30. The van der Waals surface area contributed by atoms with Crippen LogP contribution in [0.2, 0.25) is 0 Å². The molecule has 2 aliphatic carbocycles. The number of hydrogen-bond acceptors (Lipinski definition) is 10. The summed E-state index contributed by atoms with van der Waals surface area (Å²) in [4.78, 5) is 37.4. The Labute approximate surface area is 261 Å². The minimum Gasteiger partial charge on any atom is -0.460 e. The van der Waals surface area contributed by atoms with E-state index in [1.807, 2.05) is 13.8 Å². The topological polar surface area (TPSA) is 100 Å². The molecule has 0 N–H and O–H groups in total. The molecule has 0 radical (unpaired) electrons. The van der Waals surface area contributed by atoms with E-state index >= 15 is 0 Å². The van der Waals surface area contributed by atoms with E-state index in [4.69, 9.17) is 43.2 Å². The Kier molecular flexibility index (Phi) is 7.15. The molecular weight excluding hydrogens is 568 g/mol. The van der Waals surface area contributed by atoms with E-state index in [2.05, 4.69) is 27.7 Å². The lowest BCUT2D eigenvalue weighted by molar-refractivity contribution is -0.573. The van der Waals surface area contributed by atoms with Crippen molar-refractivity contribution in [3.63, 3.8) is 0 Å². The molecule has 10 fully saturated rings. The predicted octanol–water partition coefficient (Wildman–Crippen LogP) is 5.81. The van der Waals surface area contributed by atoms with Crippen LogP contribution in [0.25, 0.3) is 0 Å². The minimum atomic E-state index is -0.863. The van der Waals surface area contributed by atoms with Crippen molar-refractivity contribution in [2.24, 2.45) is 47.3 Å². The Morgan fingerprint density at radius 2 is 1.23 bits per heavy atom.